The molecule has 0 saturated carbocycles. The largest absolute Gasteiger partial charge is 0.508 e. The number of aliphatic hydroxyl groups is 1. The van der Waals surface area contributed by atoms with Gasteiger partial charge in [0, 0.05) is 16.8 Å². The van der Waals surface area contributed by atoms with E-state index in [1.54, 1.807) is 6.08 Å². The van der Waals surface area contributed by atoms with Crippen LogP contribution in [0.3, 0.4) is 0 Å². The lowest BCUT2D eigenvalue weighted by atomic mass is 10.2. The predicted octanol–water partition coefficient (Wildman–Crippen LogP) is 4.83. The minimum absolute atomic E-state index is 0. The average Bonchev–Trinajstić information content (AvgIpc) is 2.33. The average molecular weight is 478 g/mol. The van der Waals surface area contributed by atoms with Crippen LogP contribution >= 0.6 is 45.2 Å². The summed E-state index contributed by atoms with van der Waals surface area (Å²) in [7, 11) is 0. The second-order valence-electron chi connectivity index (χ2n) is 3.36. The van der Waals surface area contributed by atoms with Crippen LogP contribution in [-0.4, -0.2) is 24.4 Å². The maximum Gasteiger partial charge on any atom is 0.111 e. The van der Waals surface area contributed by atoms with Gasteiger partial charge in [0.15, 0.2) is 0 Å². The molecule has 100 valence electrons. The van der Waals surface area contributed by atoms with Gasteiger partial charge in [0.2, 0.25) is 0 Å². The van der Waals surface area contributed by atoms with E-state index in [2.05, 4.69) is 64.2 Å². The Balaban J connectivity index is -0.000000207. The van der Waals surface area contributed by atoms with Gasteiger partial charge in [-0.2, -0.15) is 0 Å². The molecule has 0 aromatic heterocycles. The molecular weight excluding hydrogens is 460 g/mol. The van der Waals surface area contributed by atoms with Gasteiger partial charge in [-0.05, 0) is 31.9 Å². The van der Waals surface area contributed by atoms with Crippen LogP contribution in [-0.2, 0) is 0 Å². The number of hydrogen-bond acceptors (Lipinski definition) is 1. The highest BCUT2D eigenvalue weighted by atomic mass is 127. The molecule has 1 nitrogen and oxygen atoms in total. The van der Waals surface area contributed by atoms with Crippen molar-refractivity contribution in [3.05, 3.63) is 59.9 Å². The third-order valence-electron chi connectivity index (χ3n) is 1.92. The molecule has 0 fully saturated rings. The minimum atomic E-state index is 0. The maximum atomic E-state index is 8.68. The van der Waals surface area contributed by atoms with Crippen molar-refractivity contribution < 1.29 is 5.11 Å². The van der Waals surface area contributed by atoms with Crippen LogP contribution in [0.15, 0.2) is 54.3 Å². The Morgan fingerprint density at radius 2 is 1.58 bits per heavy atom. The van der Waals surface area contributed by atoms with Crippen molar-refractivity contribution >= 4 is 62.0 Å². The molecule has 0 spiro atoms. The fourth-order valence-corrected chi connectivity index (χ4v) is 1.13. The van der Waals surface area contributed by atoms with E-state index in [9.17, 15) is 0 Å². The van der Waals surface area contributed by atoms with Crippen molar-refractivity contribution in [1.82, 2.24) is 0 Å². The SMILES string of the molecule is Cc1ccccc1.ICI.OC1=CCCC=C1.[B].[B]. The number of benzene rings is 1. The zero-order valence-corrected chi connectivity index (χ0v) is 15.4. The summed E-state index contributed by atoms with van der Waals surface area (Å²) in [5, 5.41) is 8.68. The van der Waals surface area contributed by atoms with Crippen LogP contribution in [0.4, 0.5) is 0 Å². The van der Waals surface area contributed by atoms with Crippen molar-refractivity contribution in [2.45, 2.75) is 19.8 Å². The Bertz CT molecular complexity index is 341. The molecule has 2 rings (SSSR count). The predicted molar refractivity (Wildman–Crippen MR) is 105 cm³/mol. The zero-order valence-electron chi connectivity index (χ0n) is 11.1. The van der Waals surface area contributed by atoms with Crippen LogP contribution in [0, 0.1) is 6.92 Å². The van der Waals surface area contributed by atoms with E-state index in [-0.39, 0.29) is 16.8 Å². The molecule has 0 unspecified atom stereocenters. The summed E-state index contributed by atoms with van der Waals surface area (Å²) in [4.78, 5) is 0. The van der Waals surface area contributed by atoms with E-state index in [1.165, 1.54) is 8.00 Å². The molecule has 1 aliphatic rings. The lowest BCUT2D eigenvalue weighted by Crippen LogP contribution is -1.79. The topological polar surface area (TPSA) is 20.2 Å². The van der Waals surface area contributed by atoms with Gasteiger partial charge in [-0.25, -0.2) is 0 Å². The first kappa shape index (κ1) is 24.1. The van der Waals surface area contributed by atoms with Gasteiger partial charge in [0.05, 0.1) is 2.43 Å². The maximum absolute atomic E-state index is 8.68. The highest BCUT2D eigenvalue weighted by Gasteiger charge is 1.88. The number of alkyl halides is 2. The summed E-state index contributed by atoms with van der Waals surface area (Å²) in [5.41, 5.74) is 1.32. The molecule has 0 atom stereocenters. The second kappa shape index (κ2) is 18.1. The fraction of sp³-hybridized carbons (Fsp3) is 0.286. The molecule has 0 bridgehead atoms. The fourth-order valence-electron chi connectivity index (χ4n) is 1.13. The quantitative estimate of drug-likeness (QED) is 0.323. The highest BCUT2D eigenvalue weighted by Crippen LogP contribution is 2.04. The summed E-state index contributed by atoms with van der Waals surface area (Å²) in [6.07, 6.45) is 7.57. The molecule has 1 aliphatic carbocycles. The number of aliphatic hydroxyl groups excluding tert-OH is 1. The summed E-state index contributed by atoms with van der Waals surface area (Å²) in [6.45, 7) is 2.08. The first-order valence-corrected chi connectivity index (χ1v) is 8.45. The molecule has 19 heavy (non-hydrogen) atoms. The van der Waals surface area contributed by atoms with Gasteiger partial charge in [-0.3, -0.25) is 0 Å². The van der Waals surface area contributed by atoms with E-state index in [0.717, 1.165) is 12.8 Å². The Morgan fingerprint density at radius 1 is 1.05 bits per heavy atom. The lowest BCUT2D eigenvalue weighted by Gasteiger charge is -1.95. The second-order valence-corrected chi connectivity index (χ2v) is 7.81. The molecule has 1 aromatic carbocycles. The molecule has 1 N–H and O–H groups in total. The van der Waals surface area contributed by atoms with Crippen molar-refractivity contribution in [1.29, 1.82) is 0 Å². The van der Waals surface area contributed by atoms with Crippen molar-refractivity contribution in [3.8, 4) is 0 Å². The van der Waals surface area contributed by atoms with E-state index < -0.39 is 0 Å². The molecule has 6 radical (unpaired) electrons. The van der Waals surface area contributed by atoms with Crippen LogP contribution in [0.25, 0.3) is 0 Å². The molecular formula is C14H18B2I2O. The zero-order chi connectivity index (χ0) is 12.9. The number of rotatable bonds is 0. The summed E-state index contributed by atoms with van der Waals surface area (Å²) >= 11 is 4.55. The van der Waals surface area contributed by atoms with E-state index in [4.69, 9.17) is 5.11 Å². The van der Waals surface area contributed by atoms with Gasteiger partial charge < -0.3 is 5.11 Å². The number of allylic oxidation sites excluding steroid dienone is 3. The summed E-state index contributed by atoms with van der Waals surface area (Å²) in [5.74, 6) is 0.409. The van der Waals surface area contributed by atoms with Crippen molar-refractivity contribution in [2.75, 3.05) is 2.43 Å². The molecule has 0 aliphatic heterocycles. The molecule has 0 saturated heterocycles. The van der Waals surface area contributed by atoms with Crippen molar-refractivity contribution in [2.24, 2.45) is 0 Å². The summed E-state index contributed by atoms with van der Waals surface area (Å²) < 4.78 is 1.19. The van der Waals surface area contributed by atoms with Crippen LogP contribution in [0.2, 0.25) is 0 Å². The van der Waals surface area contributed by atoms with Crippen LogP contribution < -0.4 is 0 Å². The summed E-state index contributed by atoms with van der Waals surface area (Å²) in [6, 6.07) is 10.3. The van der Waals surface area contributed by atoms with E-state index in [0.29, 0.717) is 5.76 Å². The van der Waals surface area contributed by atoms with E-state index >= 15 is 0 Å². The normalized spacial score (nSPS) is 11.2. The minimum Gasteiger partial charge on any atom is -0.508 e. The standard InChI is InChI=1S/C7H8.C6H8O.CH2I2.2B/c1-7-5-3-2-4-6-7;7-6-4-2-1-3-5-6;2-1-3;;/h2-6H,1H3;2,4-5,7H,1,3H2;1H2;;. The number of aryl methyl sites for hydroxylation is 1. The molecule has 0 heterocycles. The van der Waals surface area contributed by atoms with Crippen LogP contribution in [0.5, 0.6) is 0 Å². The first-order chi connectivity index (χ1) is 8.20. The van der Waals surface area contributed by atoms with Gasteiger partial charge in [0.1, 0.15) is 5.76 Å². The van der Waals surface area contributed by atoms with Crippen LogP contribution in [0.1, 0.15) is 18.4 Å². The van der Waals surface area contributed by atoms with Gasteiger partial charge >= 0.3 is 0 Å². The monoisotopic (exact) mass is 478 g/mol. The third kappa shape index (κ3) is 18.1. The van der Waals surface area contributed by atoms with Crippen molar-refractivity contribution in [3.63, 3.8) is 0 Å². The van der Waals surface area contributed by atoms with Gasteiger partial charge in [-0.1, -0.05) is 87.2 Å². The highest BCUT2D eigenvalue weighted by molar-refractivity contribution is 14.2. The Kier molecular flexibility index (Phi) is 23.0. The Morgan fingerprint density at radius 3 is 1.79 bits per heavy atom. The number of hydrogen-bond donors (Lipinski definition) is 1. The molecule has 0 amide bonds. The third-order valence-corrected chi connectivity index (χ3v) is 1.92. The molecule has 5 heteroatoms. The smallest absolute Gasteiger partial charge is 0.111 e. The first-order valence-electron chi connectivity index (χ1n) is 5.40. The van der Waals surface area contributed by atoms with E-state index in [1.807, 2.05) is 30.4 Å². The number of halogens is 2. The molecule has 1 aromatic rings. The Labute approximate surface area is 148 Å². The Hall–Kier alpha value is 0.0899. The van der Waals surface area contributed by atoms with Gasteiger partial charge in [-0.15, -0.1) is 0 Å². The van der Waals surface area contributed by atoms with Gasteiger partial charge in [0.25, 0.3) is 0 Å². The lowest BCUT2D eigenvalue weighted by molar-refractivity contribution is 0.427.